The van der Waals surface area contributed by atoms with E-state index >= 15 is 0 Å². The first kappa shape index (κ1) is 14.6. The van der Waals surface area contributed by atoms with Crippen LogP contribution in [0.5, 0.6) is 0 Å². The molecule has 3 nitrogen and oxygen atoms in total. The number of halogens is 1. The Morgan fingerprint density at radius 3 is 2.67 bits per heavy atom. The fourth-order valence-corrected chi connectivity index (χ4v) is 1.99. The van der Waals surface area contributed by atoms with Crippen LogP contribution in [0.4, 0.5) is 0 Å². The van der Waals surface area contributed by atoms with E-state index in [1.54, 1.807) is 0 Å². The van der Waals surface area contributed by atoms with Gasteiger partial charge in [-0.3, -0.25) is 0 Å². The van der Waals surface area contributed by atoms with Crippen LogP contribution < -0.4 is 5.32 Å². The fourth-order valence-electron chi connectivity index (χ4n) is 1.83. The van der Waals surface area contributed by atoms with Gasteiger partial charge >= 0.3 is 0 Å². The number of fused-ring (bicyclic) bond motifs is 1. The standard InChI is InChI=1S/C12H16ClN3.C2H2/c1-3-10-11(7-14-4-2)16-8-9(13)5-6-12(16)15-10;1-2/h5-6,8,14H,3-4,7H2,1-2H3;1-2H. The van der Waals surface area contributed by atoms with Gasteiger partial charge in [-0.05, 0) is 25.1 Å². The summed E-state index contributed by atoms with van der Waals surface area (Å²) in [5, 5.41) is 4.07. The minimum Gasteiger partial charge on any atom is -0.311 e. The molecule has 0 fully saturated rings. The van der Waals surface area contributed by atoms with Crippen LogP contribution in [0.3, 0.4) is 0 Å². The molecule has 2 aromatic heterocycles. The van der Waals surface area contributed by atoms with E-state index in [0.29, 0.717) is 0 Å². The van der Waals surface area contributed by atoms with Gasteiger partial charge in [-0.15, -0.1) is 12.8 Å². The van der Waals surface area contributed by atoms with E-state index in [1.165, 1.54) is 5.69 Å². The number of nitrogens with zero attached hydrogens (tertiary/aromatic N) is 2. The van der Waals surface area contributed by atoms with Gasteiger partial charge in [-0.2, -0.15) is 0 Å². The van der Waals surface area contributed by atoms with Crippen LogP contribution in [0, 0.1) is 12.8 Å². The molecule has 2 heterocycles. The van der Waals surface area contributed by atoms with Crippen molar-refractivity contribution < 1.29 is 0 Å². The number of pyridine rings is 1. The normalized spacial score (nSPS) is 10.1. The maximum atomic E-state index is 6.01. The van der Waals surface area contributed by atoms with E-state index in [1.807, 2.05) is 18.3 Å². The van der Waals surface area contributed by atoms with E-state index in [-0.39, 0.29) is 0 Å². The predicted molar refractivity (Wildman–Crippen MR) is 76.9 cm³/mol. The smallest absolute Gasteiger partial charge is 0.137 e. The number of rotatable bonds is 4. The second-order valence-electron chi connectivity index (χ2n) is 3.71. The molecular formula is C14H18ClN3. The molecule has 0 saturated heterocycles. The zero-order valence-electron chi connectivity index (χ0n) is 10.8. The Kier molecular flexibility index (Phi) is 5.70. The molecule has 1 N–H and O–H groups in total. The van der Waals surface area contributed by atoms with Crippen LogP contribution >= 0.6 is 11.6 Å². The van der Waals surface area contributed by atoms with E-state index in [2.05, 4.69) is 41.4 Å². The largest absolute Gasteiger partial charge is 0.311 e. The van der Waals surface area contributed by atoms with Crippen LogP contribution in [0.25, 0.3) is 5.65 Å². The fraction of sp³-hybridized carbons (Fsp3) is 0.357. The van der Waals surface area contributed by atoms with Gasteiger partial charge in [0.1, 0.15) is 5.65 Å². The van der Waals surface area contributed by atoms with Crippen molar-refractivity contribution in [2.24, 2.45) is 0 Å². The number of hydrogen-bond acceptors (Lipinski definition) is 2. The van der Waals surface area contributed by atoms with Gasteiger partial charge in [0.25, 0.3) is 0 Å². The van der Waals surface area contributed by atoms with Gasteiger partial charge in [0.05, 0.1) is 16.4 Å². The van der Waals surface area contributed by atoms with Crippen LogP contribution in [0.2, 0.25) is 5.02 Å². The Morgan fingerprint density at radius 1 is 1.33 bits per heavy atom. The lowest BCUT2D eigenvalue weighted by atomic mass is 10.2. The zero-order chi connectivity index (χ0) is 13.5. The highest BCUT2D eigenvalue weighted by molar-refractivity contribution is 6.30. The first-order valence-electron chi connectivity index (χ1n) is 5.95. The molecular weight excluding hydrogens is 246 g/mol. The maximum absolute atomic E-state index is 6.01. The lowest BCUT2D eigenvalue weighted by molar-refractivity contribution is 0.698. The molecule has 0 atom stereocenters. The summed E-state index contributed by atoms with van der Waals surface area (Å²) >= 11 is 6.01. The number of hydrogen-bond donors (Lipinski definition) is 1. The van der Waals surface area contributed by atoms with E-state index in [4.69, 9.17) is 11.6 Å². The third kappa shape index (κ3) is 3.04. The Morgan fingerprint density at radius 2 is 2.06 bits per heavy atom. The molecule has 0 aromatic carbocycles. The Bertz CT molecular complexity index is 528. The Hall–Kier alpha value is -1.50. The second-order valence-corrected chi connectivity index (χ2v) is 4.15. The van der Waals surface area contributed by atoms with Gasteiger partial charge < -0.3 is 9.72 Å². The van der Waals surface area contributed by atoms with Crippen molar-refractivity contribution in [3.63, 3.8) is 0 Å². The van der Waals surface area contributed by atoms with Crippen molar-refractivity contribution in [2.45, 2.75) is 26.8 Å². The van der Waals surface area contributed by atoms with Crippen molar-refractivity contribution >= 4 is 17.2 Å². The first-order chi connectivity index (χ1) is 8.76. The van der Waals surface area contributed by atoms with Crippen molar-refractivity contribution in [2.75, 3.05) is 6.54 Å². The van der Waals surface area contributed by atoms with Crippen molar-refractivity contribution in [3.8, 4) is 12.8 Å². The molecule has 0 spiro atoms. The average molecular weight is 264 g/mol. The highest BCUT2D eigenvalue weighted by atomic mass is 35.5. The Balaban J connectivity index is 0.000000771. The summed E-state index contributed by atoms with van der Waals surface area (Å²) in [5.41, 5.74) is 3.32. The summed E-state index contributed by atoms with van der Waals surface area (Å²) in [5.74, 6) is 0. The molecule has 0 radical (unpaired) electrons. The molecule has 4 heteroatoms. The van der Waals surface area contributed by atoms with Crippen molar-refractivity contribution in [1.82, 2.24) is 14.7 Å². The minimum absolute atomic E-state index is 0.741. The van der Waals surface area contributed by atoms with E-state index in [9.17, 15) is 0 Å². The van der Waals surface area contributed by atoms with Crippen molar-refractivity contribution in [1.29, 1.82) is 0 Å². The molecule has 0 saturated carbocycles. The highest BCUT2D eigenvalue weighted by Gasteiger charge is 2.09. The lowest BCUT2D eigenvalue weighted by Crippen LogP contribution is -2.14. The van der Waals surface area contributed by atoms with Gasteiger partial charge in [0, 0.05) is 12.7 Å². The van der Waals surface area contributed by atoms with Gasteiger partial charge in [0.2, 0.25) is 0 Å². The van der Waals surface area contributed by atoms with Gasteiger partial charge in [-0.25, -0.2) is 4.98 Å². The maximum Gasteiger partial charge on any atom is 0.137 e. The highest BCUT2D eigenvalue weighted by Crippen LogP contribution is 2.17. The Labute approximate surface area is 113 Å². The molecule has 2 rings (SSSR count). The van der Waals surface area contributed by atoms with Crippen molar-refractivity contribution in [3.05, 3.63) is 34.7 Å². The summed E-state index contributed by atoms with van der Waals surface area (Å²) in [7, 11) is 0. The molecule has 2 aromatic rings. The number of terminal acetylenes is 1. The van der Waals surface area contributed by atoms with E-state index in [0.717, 1.165) is 35.9 Å². The molecule has 18 heavy (non-hydrogen) atoms. The second kappa shape index (κ2) is 7.05. The molecule has 96 valence electrons. The average Bonchev–Trinajstić information content (AvgIpc) is 2.75. The first-order valence-corrected chi connectivity index (χ1v) is 6.33. The molecule has 0 aliphatic carbocycles. The number of aryl methyl sites for hydroxylation is 1. The zero-order valence-corrected chi connectivity index (χ0v) is 11.5. The summed E-state index contributed by atoms with van der Waals surface area (Å²) in [6.07, 6.45) is 10.9. The third-order valence-corrected chi connectivity index (χ3v) is 2.87. The topological polar surface area (TPSA) is 29.3 Å². The number of imidazole rings is 1. The van der Waals surface area contributed by atoms with Crippen LogP contribution in [0.1, 0.15) is 25.2 Å². The van der Waals surface area contributed by atoms with Gasteiger partial charge in [-0.1, -0.05) is 25.4 Å². The van der Waals surface area contributed by atoms with Crippen LogP contribution in [-0.2, 0) is 13.0 Å². The lowest BCUT2D eigenvalue weighted by Gasteiger charge is -2.04. The van der Waals surface area contributed by atoms with Crippen LogP contribution in [0.15, 0.2) is 18.3 Å². The molecule has 0 unspecified atom stereocenters. The minimum atomic E-state index is 0.741. The van der Waals surface area contributed by atoms with Crippen LogP contribution in [-0.4, -0.2) is 15.9 Å². The summed E-state index contributed by atoms with van der Waals surface area (Å²) in [6.45, 7) is 6.01. The quantitative estimate of drug-likeness (QED) is 0.860. The molecule has 0 bridgehead atoms. The summed E-state index contributed by atoms with van der Waals surface area (Å²) in [6, 6.07) is 3.83. The van der Waals surface area contributed by atoms with E-state index < -0.39 is 0 Å². The monoisotopic (exact) mass is 263 g/mol. The number of aromatic nitrogens is 2. The number of nitrogens with one attached hydrogen (secondary N) is 1. The summed E-state index contributed by atoms with van der Waals surface area (Å²) < 4.78 is 2.07. The predicted octanol–water partition coefficient (Wildman–Crippen LogP) is 2.91. The molecule has 0 aliphatic rings. The summed E-state index contributed by atoms with van der Waals surface area (Å²) in [4.78, 5) is 4.59. The SMILES string of the molecule is C#C.CCNCc1c(CC)nc2ccc(Cl)cn12. The molecule has 0 amide bonds. The van der Waals surface area contributed by atoms with Gasteiger partial charge in [0.15, 0.2) is 0 Å². The molecule has 0 aliphatic heterocycles. The third-order valence-electron chi connectivity index (χ3n) is 2.64.